The lowest BCUT2D eigenvalue weighted by atomic mass is 9.85. The Morgan fingerprint density at radius 1 is 0.971 bits per heavy atom. The molecule has 4 N–H and O–H groups in total. The largest absolute Gasteiger partial charge is 0.487 e. The Bertz CT molecular complexity index is 2840. The number of nitrogens with zero attached hydrogens (tertiary/aromatic N) is 4. The van der Waals surface area contributed by atoms with Crippen molar-refractivity contribution < 1.29 is 42.1 Å². The van der Waals surface area contributed by atoms with Crippen LogP contribution in [0, 0.1) is 24.0 Å². The zero-order chi connectivity index (χ0) is 50.1. The zero-order valence-electron chi connectivity index (χ0n) is 40.4. The Labute approximate surface area is 409 Å². The fraction of sp³-hybridized carbons (Fsp3) is 0.415. The summed E-state index contributed by atoms with van der Waals surface area (Å²) in [6.45, 7) is 11.8. The van der Waals surface area contributed by atoms with Gasteiger partial charge in [0.15, 0.2) is 0 Å². The first-order chi connectivity index (χ1) is 33.2. The minimum Gasteiger partial charge on any atom is -0.487 e. The second-order valence-electron chi connectivity index (χ2n) is 20.1. The summed E-state index contributed by atoms with van der Waals surface area (Å²) in [7, 11) is 0. The van der Waals surface area contributed by atoms with Gasteiger partial charge in [-0.2, -0.15) is 0 Å². The van der Waals surface area contributed by atoms with Crippen molar-refractivity contribution in [2.75, 3.05) is 19.7 Å². The van der Waals surface area contributed by atoms with Crippen molar-refractivity contribution in [1.82, 2.24) is 35.4 Å². The number of alkyl halides is 1. The van der Waals surface area contributed by atoms with Crippen molar-refractivity contribution in [2.24, 2.45) is 5.41 Å². The van der Waals surface area contributed by atoms with Crippen molar-refractivity contribution in [3.05, 3.63) is 135 Å². The number of aliphatic hydroxyl groups is 1. The van der Waals surface area contributed by atoms with E-state index in [0.717, 1.165) is 50.3 Å². The van der Waals surface area contributed by atoms with E-state index in [9.17, 15) is 19.5 Å². The number of aromatic nitrogens is 3. The number of β-amino-alcohol motifs (C(OH)–C–C–N with tert-alkyl or cyclic N) is 1. The monoisotopic (exact) mass is 979 g/mol. The quantitative estimate of drug-likeness (QED) is 0.0749. The third-order valence-corrected chi connectivity index (χ3v) is 13.9. The number of hydrogen-bond donors (Lipinski definition) is 4. The van der Waals surface area contributed by atoms with Crippen LogP contribution in [0.4, 0.5) is 13.2 Å². The number of fused-ring (bicyclic) bond motifs is 3. The molecular formula is C53H60F3N7O6S. The summed E-state index contributed by atoms with van der Waals surface area (Å²) in [6, 6.07) is 18.0. The number of aliphatic hydroxyl groups excluding tert-OH is 1. The van der Waals surface area contributed by atoms with Crippen molar-refractivity contribution in [3.63, 3.8) is 0 Å². The van der Waals surface area contributed by atoms with Gasteiger partial charge in [-0.05, 0) is 80.0 Å². The molecule has 1 fully saturated rings. The molecule has 17 heteroatoms. The lowest BCUT2D eigenvalue weighted by molar-refractivity contribution is -0.144. The third kappa shape index (κ3) is 11.4. The Morgan fingerprint density at radius 2 is 1.70 bits per heavy atom. The number of nitrogens with one attached hydrogen (secondary N) is 3. The Balaban J connectivity index is 0.861. The molecule has 6 aromatic rings. The first kappa shape index (κ1) is 50.3. The Kier molecular flexibility index (Phi) is 14.8. The number of thiazole rings is 1. The van der Waals surface area contributed by atoms with Crippen LogP contribution in [0.3, 0.4) is 0 Å². The van der Waals surface area contributed by atoms with Crippen LogP contribution in [0.2, 0.25) is 0 Å². The summed E-state index contributed by atoms with van der Waals surface area (Å²) >= 11 is 1.56. The molecule has 3 amide bonds. The van der Waals surface area contributed by atoms with Gasteiger partial charge >= 0.3 is 0 Å². The van der Waals surface area contributed by atoms with E-state index >= 15 is 13.2 Å². The summed E-state index contributed by atoms with van der Waals surface area (Å²) in [4.78, 5) is 57.2. The standard InChI is InChI=1S/C53H60F3N7O6S/c1-30-18-39-38-10-8-9-11-42(38)60-46(39)47(63(30)28-53(6,7)56)45-40(54)21-37(22-41(45)55)69-26-35-19-33(16-17-57-35)25-68-27-44(65)61-49(52(3,4)5)51(67)62-24-36(64)20-43(62)50(66)58-23-32-12-14-34(15-13-32)48-31(2)59-29-70-48/h8-17,19,21-22,29-30,36,43,47,49,60,64H,18,20,23-28H2,1-7H3,(H,58,66)(H,61,65)/t30-,36-,43+,47-,49-/m1/s1. The molecule has 0 saturated carbocycles. The minimum atomic E-state index is -1.63. The molecule has 8 rings (SSSR count). The topological polar surface area (TPSA) is 162 Å². The number of carbonyl (C=O) groups is 3. The molecule has 0 radical (unpaired) electrons. The SMILES string of the molecule is Cc1ncsc1-c1ccc(CNC(=O)[C@@H]2C[C@@H](O)CN2C(=O)[C@@H](NC(=O)COCc2ccnc(COc3cc(F)c([C@@H]4c5[nH]c6ccccc6c5C[C@@H](C)N4CC(C)(C)F)c(F)c3)c2)C(C)(C)C)cc1. The van der Waals surface area contributed by atoms with E-state index in [0.29, 0.717) is 23.4 Å². The van der Waals surface area contributed by atoms with Gasteiger partial charge in [0.25, 0.3) is 0 Å². The highest BCUT2D eigenvalue weighted by Gasteiger charge is 2.45. The van der Waals surface area contributed by atoms with E-state index in [2.05, 4.69) is 25.6 Å². The minimum absolute atomic E-state index is 0.00899. The highest BCUT2D eigenvalue weighted by Crippen LogP contribution is 2.44. The number of likely N-dealkylation sites (tertiary alicyclic amines) is 1. The second-order valence-corrected chi connectivity index (χ2v) is 20.9. The third-order valence-electron chi connectivity index (χ3n) is 12.9. The van der Waals surface area contributed by atoms with Crippen molar-refractivity contribution in [1.29, 1.82) is 0 Å². The molecule has 1 saturated heterocycles. The summed E-state index contributed by atoms with van der Waals surface area (Å²) < 4.78 is 59.4. The second kappa shape index (κ2) is 20.7. The van der Waals surface area contributed by atoms with Gasteiger partial charge in [0.05, 0.1) is 40.5 Å². The van der Waals surface area contributed by atoms with Crippen LogP contribution in [0.5, 0.6) is 5.75 Å². The van der Waals surface area contributed by atoms with Crippen LogP contribution in [-0.4, -0.2) is 97.2 Å². The van der Waals surface area contributed by atoms with Gasteiger partial charge in [0.1, 0.15) is 48.4 Å². The predicted molar refractivity (Wildman–Crippen MR) is 261 cm³/mol. The predicted octanol–water partition coefficient (Wildman–Crippen LogP) is 8.26. The van der Waals surface area contributed by atoms with Crippen LogP contribution in [-0.2, 0) is 45.3 Å². The highest BCUT2D eigenvalue weighted by atomic mass is 32.1. The molecule has 5 heterocycles. The number of benzene rings is 3. The number of hydrogen-bond acceptors (Lipinski definition) is 10. The first-order valence-corrected chi connectivity index (χ1v) is 24.3. The van der Waals surface area contributed by atoms with E-state index in [1.165, 1.54) is 24.9 Å². The van der Waals surface area contributed by atoms with Crippen LogP contribution in [0.15, 0.2) is 84.5 Å². The Morgan fingerprint density at radius 3 is 2.39 bits per heavy atom. The molecular weight excluding hydrogens is 920 g/mol. The molecule has 0 bridgehead atoms. The van der Waals surface area contributed by atoms with Gasteiger partial charge in [0, 0.05) is 72.6 Å². The molecule has 2 aliphatic rings. The number of halogens is 3. The van der Waals surface area contributed by atoms with E-state index in [1.807, 2.05) is 67.3 Å². The number of H-pyrrole nitrogens is 1. The average Bonchev–Trinajstić information content (AvgIpc) is 4.03. The van der Waals surface area contributed by atoms with Gasteiger partial charge in [-0.1, -0.05) is 63.2 Å². The molecule has 5 atom stereocenters. The van der Waals surface area contributed by atoms with E-state index in [4.69, 9.17) is 9.47 Å². The van der Waals surface area contributed by atoms with E-state index in [-0.39, 0.29) is 56.6 Å². The summed E-state index contributed by atoms with van der Waals surface area (Å²) in [5, 5.41) is 17.3. The van der Waals surface area contributed by atoms with Crippen LogP contribution < -0.4 is 15.4 Å². The number of carbonyl (C=O) groups excluding carboxylic acids is 3. The molecule has 0 spiro atoms. The van der Waals surface area contributed by atoms with Crippen LogP contribution in [0.1, 0.15) is 93.3 Å². The van der Waals surface area contributed by atoms with E-state index < -0.39 is 71.3 Å². The number of ether oxygens (including phenoxy) is 2. The number of rotatable bonds is 16. The summed E-state index contributed by atoms with van der Waals surface area (Å²) in [5.41, 5.74) is 5.53. The fourth-order valence-electron chi connectivity index (χ4n) is 9.50. The summed E-state index contributed by atoms with van der Waals surface area (Å²) in [5.74, 6) is -3.18. The first-order valence-electron chi connectivity index (χ1n) is 23.5. The maximum atomic E-state index is 16.3. The molecule has 3 aromatic carbocycles. The highest BCUT2D eigenvalue weighted by molar-refractivity contribution is 7.13. The maximum Gasteiger partial charge on any atom is 0.246 e. The normalized spacial score (nSPS) is 19.0. The van der Waals surface area contributed by atoms with Gasteiger partial charge in [-0.15, -0.1) is 11.3 Å². The summed E-state index contributed by atoms with van der Waals surface area (Å²) in [6.07, 6.45) is 1.25. The molecule has 0 aliphatic carbocycles. The average molecular weight is 980 g/mol. The smallest absolute Gasteiger partial charge is 0.246 e. The van der Waals surface area contributed by atoms with Gasteiger partial charge in [0.2, 0.25) is 17.7 Å². The number of pyridine rings is 1. The molecule has 370 valence electrons. The lowest BCUT2D eigenvalue weighted by Crippen LogP contribution is -2.58. The number of aryl methyl sites for hydroxylation is 1. The number of amides is 3. The molecule has 0 unspecified atom stereocenters. The van der Waals surface area contributed by atoms with Crippen molar-refractivity contribution in [3.8, 4) is 16.2 Å². The number of aromatic amines is 1. The molecule has 3 aromatic heterocycles. The van der Waals surface area contributed by atoms with E-state index in [1.54, 1.807) is 49.8 Å². The molecule has 13 nitrogen and oxygen atoms in total. The van der Waals surface area contributed by atoms with Gasteiger partial charge in [-0.25, -0.2) is 18.2 Å². The fourth-order valence-corrected chi connectivity index (χ4v) is 10.3. The lowest BCUT2D eigenvalue weighted by Gasteiger charge is -2.43. The van der Waals surface area contributed by atoms with Crippen molar-refractivity contribution in [2.45, 2.75) is 117 Å². The maximum absolute atomic E-state index is 16.3. The van der Waals surface area contributed by atoms with Gasteiger partial charge < -0.3 is 35.1 Å². The van der Waals surface area contributed by atoms with Crippen LogP contribution in [0.25, 0.3) is 21.3 Å². The number of para-hydroxylation sites is 1. The Hall–Kier alpha value is -6.14. The molecule has 70 heavy (non-hydrogen) atoms. The zero-order valence-corrected chi connectivity index (χ0v) is 41.3. The van der Waals surface area contributed by atoms with Crippen molar-refractivity contribution >= 4 is 40.0 Å². The molecule has 2 aliphatic heterocycles. The van der Waals surface area contributed by atoms with Gasteiger partial charge in [-0.3, -0.25) is 24.3 Å². The van der Waals surface area contributed by atoms with Crippen LogP contribution >= 0.6 is 11.3 Å².